The summed E-state index contributed by atoms with van der Waals surface area (Å²) in [7, 11) is 1.71. The minimum atomic E-state index is 0.297. The third-order valence-corrected chi connectivity index (χ3v) is 2.76. The van der Waals surface area contributed by atoms with Gasteiger partial charge in [-0.2, -0.15) is 0 Å². The van der Waals surface area contributed by atoms with E-state index >= 15 is 0 Å². The predicted octanol–water partition coefficient (Wildman–Crippen LogP) is 1.20. The third kappa shape index (κ3) is 5.80. The normalized spacial score (nSPS) is 25.1. The number of likely N-dealkylation sites (N-methyl/N-ethyl adjacent to an activating group) is 1. The van der Waals surface area contributed by atoms with Crippen molar-refractivity contribution in [1.29, 1.82) is 0 Å². The highest BCUT2D eigenvalue weighted by Gasteiger charge is 2.24. The molecular weight excluding hydrogens is 206 g/mol. The molecule has 16 heavy (non-hydrogen) atoms. The highest BCUT2D eigenvalue weighted by atomic mass is 16.5. The molecule has 0 saturated carbocycles. The van der Waals surface area contributed by atoms with E-state index in [0.717, 1.165) is 52.2 Å². The van der Waals surface area contributed by atoms with Gasteiger partial charge in [0.2, 0.25) is 0 Å². The maximum Gasteiger partial charge on any atom is 0.0813 e. The van der Waals surface area contributed by atoms with Crippen LogP contribution in [0, 0.1) is 0 Å². The Bertz CT molecular complexity index is 166. The molecule has 96 valence electrons. The van der Waals surface area contributed by atoms with Gasteiger partial charge < -0.3 is 19.5 Å². The van der Waals surface area contributed by atoms with Crippen molar-refractivity contribution in [1.82, 2.24) is 5.32 Å². The monoisotopic (exact) mass is 231 g/mol. The van der Waals surface area contributed by atoms with E-state index in [4.69, 9.17) is 14.2 Å². The first-order chi connectivity index (χ1) is 7.86. The molecule has 0 aromatic heterocycles. The second-order valence-corrected chi connectivity index (χ2v) is 4.19. The molecule has 0 aliphatic carbocycles. The molecule has 0 spiro atoms. The summed E-state index contributed by atoms with van der Waals surface area (Å²) in [4.78, 5) is 0. The van der Waals surface area contributed by atoms with Gasteiger partial charge in [0, 0.05) is 26.9 Å². The number of hydrogen-bond acceptors (Lipinski definition) is 4. The van der Waals surface area contributed by atoms with Gasteiger partial charge in [0.1, 0.15) is 0 Å². The molecule has 0 bridgehead atoms. The maximum atomic E-state index is 5.85. The molecule has 0 amide bonds. The number of methoxy groups -OCH3 is 1. The van der Waals surface area contributed by atoms with Crippen LogP contribution in [0.25, 0.3) is 0 Å². The van der Waals surface area contributed by atoms with Gasteiger partial charge in [0.05, 0.1) is 18.8 Å². The SMILES string of the molecule is CCNCC1CCC(COCCCOC)O1. The van der Waals surface area contributed by atoms with Gasteiger partial charge in [-0.1, -0.05) is 6.92 Å². The van der Waals surface area contributed by atoms with Crippen LogP contribution >= 0.6 is 0 Å². The number of ether oxygens (including phenoxy) is 3. The lowest BCUT2D eigenvalue weighted by Crippen LogP contribution is -2.27. The van der Waals surface area contributed by atoms with Crippen LogP contribution in [0.5, 0.6) is 0 Å². The van der Waals surface area contributed by atoms with Gasteiger partial charge in [-0.15, -0.1) is 0 Å². The van der Waals surface area contributed by atoms with Gasteiger partial charge in [0.15, 0.2) is 0 Å². The van der Waals surface area contributed by atoms with Crippen molar-refractivity contribution in [2.45, 2.75) is 38.4 Å². The first-order valence-corrected chi connectivity index (χ1v) is 6.29. The standard InChI is InChI=1S/C12H25NO3/c1-3-13-9-11-5-6-12(16-11)10-15-8-4-7-14-2/h11-13H,3-10H2,1-2H3. The van der Waals surface area contributed by atoms with E-state index in [1.165, 1.54) is 0 Å². The van der Waals surface area contributed by atoms with Gasteiger partial charge >= 0.3 is 0 Å². The van der Waals surface area contributed by atoms with Crippen LogP contribution in [0.3, 0.4) is 0 Å². The Morgan fingerprint density at radius 2 is 2.06 bits per heavy atom. The number of hydrogen-bond donors (Lipinski definition) is 1. The van der Waals surface area contributed by atoms with E-state index in [1.54, 1.807) is 7.11 Å². The highest BCUT2D eigenvalue weighted by Crippen LogP contribution is 2.19. The lowest BCUT2D eigenvalue weighted by Gasteiger charge is -2.14. The zero-order valence-corrected chi connectivity index (χ0v) is 10.5. The Kier molecular flexibility index (Phi) is 7.76. The summed E-state index contributed by atoms with van der Waals surface area (Å²) in [6.07, 6.45) is 3.92. The van der Waals surface area contributed by atoms with E-state index < -0.39 is 0 Å². The van der Waals surface area contributed by atoms with Crippen LogP contribution in [0.1, 0.15) is 26.2 Å². The van der Waals surface area contributed by atoms with Gasteiger partial charge in [0.25, 0.3) is 0 Å². The Balaban J connectivity index is 1.94. The molecule has 2 atom stereocenters. The van der Waals surface area contributed by atoms with E-state index in [-0.39, 0.29) is 0 Å². The highest BCUT2D eigenvalue weighted by molar-refractivity contribution is 4.74. The molecule has 2 unspecified atom stereocenters. The van der Waals surface area contributed by atoms with Crippen LogP contribution in [-0.2, 0) is 14.2 Å². The topological polar surface area (TPSA) is 39.7 Å². The first kappa shape index (κ1) is 13.9. The molecule has 1 rings (SSSR count). The zero-order chi connectivity index (χ0) is 11.6. The second kappa shape index (κ2) is 8.93. The molecule has 1 fully saturated rings. The number of nitrogens with one attached hydrogen (secondary N) is 1. The van der Waals surface area contributed by atoms with Crippen LogP contribution in [0.2, 0.25) is 0 Å². The van der Waals surface area contributed by atoms with Crippen molar-refractivity contribution in [3.8, 4) is 0 Å². The van der Waals surface area contributed by atoms with Crippen molar-refractivity contribution in [3.05, 3.63) is 0 Å². The summed E-state index contributed by atoms with van der Waals surface area (Å²) in [5.74, 6) is 0. The largest absolute Gasteiger partial charge is 0.385 e. The molecule has 1 heterocycles. The van der Waals surface area contributed by atoms with E-state index in [2.05, 4.69) is 12.2 Å². The van der Waals surface area contributed by atoms with Crippen molar-refractivity contribution < 1.29 is 14.2 Å². The fourth-order valence-corrected chi connectivity index (χ4v) is 1.88. The predicted molar refractivity (Wildman–Crippen MR) is 63.8 cm³/mol. The van der Waals surface area contributed by atoms with E-state index in [1.807, 2.05) is 0 Å². The molecule has 0 aromatic carbocycles. The zero-order valence-electron chi connectivity index (χ0n) is 10.5. The first-order valence-electron chi connectivity index (χ1n) is 6.29. The molecule has 1 N–H and O–H groups in total. The smallest absolute Gasteiger partial charge is 0.0813 e. The molecular formula is C12H25NO3. The molecule has 1 aliphatic heterocycles. The molecule has 0 aromatic rings. The minimum Gasteiger partial charge on any atom is -0.385 e. The van der Waals surface area contributed by atoms with Gasteiger partial charge in [-0.25, -0.2) is 0 Å². The third-order valence-electron chi connectivity index (χ3n) is 2.76. The molecule has 4 nitrogen and oxygen atoms in total. The summed E-state index contributed by atoms with van der Waals surface area (Å²) >= 11 is 0. The number of rotatable bonds is 9. The second-order valence-electron chi connectivity index (χ2n) is 4.19. The van der Waals surface area contributed by atoms with Gasteiger partial charge in [-0.05, 0) is 25.8 Å². The van der Waals surface area contributed by atoms with Crippen molar-refractivity contribution in [2.75, 3.05) is 40.0 Å². The summed E-state index contributed by atoms with van der Waals surface area (Å²) < 4.78 is 16.4. The molecule has 1 saturated heterocycles. The summed E-state index contributed by atoms with van der Waals surface area (Å²) in [5.41, 5.74) is 0. The Hall–Kier alpha value is -0.160. The molecule has 4 heteroatoms. The Morgan fingerprint density at radius 3 is 2.81 bits per heavy atom. The lowest BCUT2D eigenvalue weighted by molar-refractivity contribution is -0.0172. The van der Waals surface area contributed by atoms with E-state index in [9.17, 15) is 0 Å². The van der Waals surface area contributed by atoms with Crippen molar-refractivity contribution in [2.24, 2.45) is 0 Å². The van der Waals surface area contributed by atoms with Crippen molar-refractivity contribution in [3.63, 3.8) is 0 Å². The van der Waals surface area contributed by atoms with E-state index in [0.29, 0.717) is 12.2 Å². The van der Waals surface area contributed by atoms with Crippen LogP contribution in [-0.4, -0.2) is 52.2 Å². The summed E-state index contributed by atoms with van der Waals surface area (Å²) in [6.45, 7) is 6.37. The molecule has 0 radical (unpaired) electrons. The van der Waals surface area contributed by atoms with Crippen molar-refractivity contribution >= 4 is 0 Å². The minimum absolute atomic E-state index is 0.297. The summed E-state index contributed by atoms with van der Waals surface area (Å²) in [6, 6.07) is 0. The van der Waals surface area contributed by atoms with Crippen LogP contribution in [0.4, 0.5) is 0 Å². The average molecular weight is 231 g/mol. The fraction of sp³-hybridized carbons (Fsp3) is 1.00. The van der Waals surface area contributed by atoms with Crippen LogP contribution < -0.4 is 5.32 Å². The Labute approximate surface area is 98.6 Å². The Morgan fingerprint density at radius 1 is 1.25 bits per heavy atom. The van der Waals surface area contributed by atoms with Crippen LogP contribution in [0.15, 0.2) is 0 Å². The maximum absolute atomic E-state index is 5.85. The summed E-state index contributed by atoms with van der Waals surface area (Å²) in [5, 5.41) is 3.31. The average Bonchev–Trinajstić information content (AvgIpc) is 2.74. The quantitative estimate of drug-likeness (QED) is 0.605. The fourth-order valence-electron chi connectivity index (χ4n) is 1.88. The lowest BCUT2D eigenvalue weighted by atomic mass is 10.2. The molecule has 1 aliphatic rings. The van der Waals surface area contributed by atoms with Gasteiger partial charge in [-0.3, -0.25) is 0 Å².